The van der Waals surface area contributed by atoms with Crippen LogP contribution in [0, 0.1) is 0 Å². The number of carbonyl (C=O) groups excluding carboxylic acids is 2. The van der Waals surface area contributed by atoms with Crippen LogP contribution in [0.3, 0.4) is 0 Å². The number of rotatable bonds is 3. The third-order valence-electron chi connectivity index (χ3n) is 4.99. The van der Waals surface area contributed by atoms with Crippen LogP contribution < -0.4 is 10.2 Å². The molecule has 26 heavy (non-hydrogen) atoms. The maximum Gasteiger partial charge on any atom is 0.416 e. The Morgan fingerprint density at radius 3 is 2.58 bits per heavy atom. The quantitative estimate of drug-likeness (QED) is 0.891. The number of hydrogen-bond donors (Lipinski definition) is 1. The van der Waals surface area contributed by atoms with Crippen LogP contribution in [0.5, 0.6) is 0 Å². The number of halogens is 3. The van der Waals surface area contributed by atoms with Gasteiger partial charge >= 0.3 is 6.18 Å². The number of piperidine rings is 1. The van der Waals surface area contributed by atoms with E-state index in [1.165, 1.54) is 11.0 Å². The standard InChI is InChI=1S/C18H22F3N3O2/c1-22-14-4-2-6-23(11-14)17(26)12-8-13(18(19,20)21)10-15(9-12)24-7-3-5-16(24)25/h8-10,14,22H,2-7,11H2,1H3. The number of likely N-dealkylation sites (N-methyl/N-ethyl adjacent to an activating group) is 1. The van der Waals surface area contributed by atoms with Gasteiger partial charge in [0.15, 0.2) is 0 Å². The van der Waals surface area contributed by atoms with Crippen LogP contribution in [0.15, 0.2) is 18.2 Å². The molecule has 142 valence electrons. The van der Waals surface area contributed by atoms with Crippen molar-refractivity contribution in [2.24, 2.45) is 0 Å². The minimum absolute atomic E-state index is 0.0220. The minimum atomic E-state index is -4.58. The molecule has 8 heteroatoms. The molecule has 1 aromatic rings. The SMILES string of the molecule is CNC1CCCN(C(=O)c2cc(N3CCCC3=O)cc(C(F)(F)F)c2)C1. The van der Waals surface area contributed by atoms with Gasteiger partial charge in [0, 0.05) is 43.3 Å². The van der Waals surface area contributed by atoms with E-state index in [4.69, 9.17) is 0 Å². The largest absolute Gasteiger partial charge is 0.416 e. The molecule has 2 amide bonds. The number of benzene rings is 1. The highest BCUT2D eigenvalue weighted by molar-refractivity contribution is 5.99. The van der Waals surface area contributed by atoms with E-state index in [-0.39, 0.29) is 23.2 Å². The number of hydrogen-bond acceptors (Lipinski definition) is 3. The van der Waals surface area contributed by atoms with E-state index in [2.05, 4.69) is 5.32 Å². The van der Waals surface area contributed by atoms with Crippen molar-refractivity contribution < 1.29 is 22.8 Å². The van der Waals surface area contributed by atoms with E-state index < -0.39 is 17.6 Å². The summed E-state index contributed by atoms with van der Waals surface area (Å²) in [6.45, 7) is 1.36. The van der Waals surface area contributed by atoms with Gasteiger partial charge in [-0.05, 0) is 44.5 Å². The lowest BCUT2D eigenvalue weighted by atomic mass is 10.0. The van der Waals surface area contributed by atoms with Gasteiger partial charge in [-0.15, -0.1) is 0 Å². The number of amides is 2. The van der Waals surface area contributed by atoms with Crippen molar-refractivity contribution in [3.8, 4) is 0 Å². The molecule has 1 unspecified atom stereocenters. The number of nitrogens with one attached hydrogen (secondary N) is 1. The summed E-state index contributed by atoms with van der Waals surface area (Å²) in [5.41, 5.74) is -0.778. The molecule has 1 N–H and O–H groups in total. The zero-order chi connectivity index (χ0) is 18.9. The lowest BCUT2D eigenvalue weighted by Crippen LogP contribution is -2.47. The van der Waals surface area contributed by atoms with Gasteiger partial charge in [-0.3, -0.25) is 9.59 Å². The van der Waals surface area contributed by atoms with Crippen LogP contribution in [0.25, 0.3) is 0 Å². The normalized spacial score (nSPS) is 21.4. The average Bonchev–Trinajstić information content (AvgIpc) is 3.06. The van der Waals surface area contributed by atoms with Crippen LogP contribution in [0.4, 0.5) is 18.9 Å². The molecule has 0 bridgehead atoms. The highest BCUT2D eigenvalue weighted by Crippen LogP contribution is 2.34. The highest BCUT2D eigenvalue weighted by Gasteiger charge is 2.34. The number of nitrogens with zero attached hydrogens (tertiary/aromatic N) is 2. The number of carbonyl (C=O) groups is 2. The van der Waals surface area contributed by atoms with E-state index in [0.717, 1.165) is 25.0 Å². The van der Waals surface area contributed by atoms with E-state index in [9.17, 15) is 22.8 Å². The summed E-state index contributed by atoms with van der Waals surface area (Å²) in [5.74, 6) is -0.639. The minimum Gasteiger partial charge on any atom is -0.337 e. The van der Waals surface area contributed by atoms with Crippen molar-refractivity contribution in [1.82, 2.24) is 10.2 Å². The number of anilines is 1. The Kier molecular flexibility index (Phi) is 5.22. The predicted octanol–water partition coefficient (Wildman–Crippen LogP) is 2.66. The summed E-state index contributed by atoms with van der Waals surface area (Å²) in [6.07, 6.45) is -1.93. The van der Waals surface area contributed by atoms with E-state index in [1.54, 1.807) is 11.9 Å². The summed E-state index contributed by atoms with van der Waals surface area (Å²) >= 11 is 0. The third kappa shape index (κ3) is 3.85. The Labute approximate surface area is 150 Å². The number of alkyl halides is 3. The second-order valence-corrected chi connectivity index (χ2v) is 6.79. The summed E-state index contributed by atoms with van der Waals surface area (Å²) in [4.78, 5) is 27.7. The first kappa shape index (κ1) is 18.7. The van der Waals surface area contributed by atoms with Crippen LogP contribution >= 0.6 is 0 Å². The second-order valence-electron chi connectivity index (χ2n) is 6.79. The van der Waals surface area contributed by atoms with E-state index >= 15 is 0 Å². The molecule has 2 heterocycles. The molecule has 0 spiro atoms. The van der Waals surface area contributed by atoms with Gasteiger partial charge in [0.05, 0.1) is 5.56 Å². The van der Waals surface area contributed by atoms with Gasteiger partial charge < -0.3 is 15.1 Å². The molecule has 1 aromatic carbocycles. The molecule has 3 rings (SSSR count). The third-order valence-corrected chi connectivity index (χ3v) is 4.99. The Hall–Kier alpha value is -2.09. The van der Waals surface area contributed by atoms with Crippen molar-refractivity contribution >= 4 is 17.5 Å². The van der Waals surface area contributed by atoms with Crippen LogP contribution in [0.2, 0.25) is 0 Å². The predicted molar refractivity (Wildman–Crippen MR) is 91.0 cm³/mol. The summed E-state index contributed by atoms with van der Waals surface area (Å²) in [7, 11) is 1.81. The number of likely N-dealkylation sites (tertiary alicyclic amines) is 1. The monoisotopic (exact) mass is 369 g/mol. The van der Waals surface area contributed by atoms with Gasteiger partial charge in [0.25, 0.3) is 5.91 Å². The molecule has 2 fully saturated rings. The lowest BCUT2D eigenvalue weighted by molar-refractivity contribution is -0.137. The molecule has 2 saturated heterocycles. The molecule has 0 aromatic heterocycles. The van der Waals surface area contributed by atoms with Crippen LogP contribution in [-0.4, -0.2) is 49.4 Å². The van der Waals surface area contributed by atoms with Gasteiger partial charge in [-0.1, -0.05) is 0 Å². The van der Waals surface area contributed by atoms with Crippen molar-refractivity contribution in [3.63, 3.8) is 0 Å². The van der Waals surface area contributed by atoms with Gasteiger partial charge in [-0.2, -0.15) is 13.2 Å². The van der Waals surface area contributed by atoms with E-state index in [1.807, 2.05) is 0 Å². The smallest absolute Gasteiger partial charge is 0.337 e. The van der Waals surface area contributed by atoms with Crippen molar-refractivity contribution in [2.45, 2.75) is 37.9 Å². The van der Waals surface area contributed by atoms with Crippen LogP contribution in [-0.2, 0) is 11.0 Å². The van der Waals surface area contributed by atoms with Gasteiger partial charge in [-0.25, -0.2) is 0 Å². The molecular formula is C18H22F3N3O2. The molecule has 0 saturated carbocycles. The molecule has 2 aliphatic heterocycles. The molecule has 5 nitrogen and oxygen atoms in total. The first-order valence-electron chi connectivity index (χ1n) is 8.79. The fourth-order valence-electron chi connectivity index (χ4n) is 3.56. The van der Waals surface area contributed by atoms with Gasteiger partial charge in [0.2, 0.25) is 5.91 Å². The van der Waals surface area contributed by atoms with Crippen molar-refractivity contribution in [3.05, 3.63) is 29.3 Å². The summed E-state index contributed by atoms with van der Waals surface area (Å²) < 4.78 is 39.9. The topological polar surface area (TPSA) is 52.7 Å². The maximum absolute atomic E-state index is 13.3. The summed E-state index contributed by atoms with van der Waals surface area (Å²) in [6, 6.07) is 3.38. The Morgan fingerprint density at radius 1 is 1.19 bits per heavy atom. The fraction of sp³-hybridized carbons (Fsp3) is 0.556. The van der Waals surface area contributed by atoms with E-state index in [0.29, 0.717) is 32.5 Å². The highest BCUT2D eigenvalue weighted by atomic mass is 19.4. The van der Waals surface area contributed by atoms with Crippen molar-refractivity contribution in [1.29, 1.82) is 0 Å². The first-order valence-corrected chi connectivity index (χ1v) is 8.79. The Morgan fingerprint density at radius 2 is 1.96 bits per heavy atom. The fourth-order valence-corrected chi connectivity index (χ4v) is 3.56. The van der Waals surface area contributed by atoms with Crippen molar-refractivity contribution in [2.75, 3.05) is 31.6 Å². The Balaban J connectivity index is 1.94. The maximum atomic E-state index is 13.3. The summed E-state index contributed by atoms with van der Waals surface area (Å²) in [5, 5.41) is 3.11. The lowest BCUT2D eigenvalue weighted by Gasteiger charge is -2.33. The Bertz CT molecular complexity index is 705. The van der Waals surface area contributed by atoms with Gasteiger partial charge in [0.1, 0.15) is 0 Å². The zero-order valence-electron chi connectivity index (χ0n) is 14.6. The molecule has 0 radical (unpaired) electrons. The molecule has 2 aliphatic rings. The molecule has 1 atom stereocenters. The zero-order valence-corrected chi connectivity index (χ0v) is 14.6. The van der Waals surface area contributed by atoms with Crippen LogP contribution in [0.1, 0.15) is 41.6 Å². The second kappa shape index (κ2) is 7.26. The average molecular weight is 369 g/mol. The molecule has 0 aliphatic carbocycles. The first-order chi connectivity index (χ1) is 12.3. The molecular weight excluding hydrogens is 347 g/mol.